The molecule has 3 heteroatoms. The van der Waals surface area contributed by atoms with Crippen LogP contribution >= 0.6 is 0 Å². The maximum absolute atomic E-state index is 9.24. The molecule has 1 heterocycles. The van der Waals surface area contributed by atoms with Crippen LogP contribution in [-0.4, -0.2) is 60.3 Å². The Bertz CT molecular complexity index is 170. The van der Waals surface area contributed by atoms with E-state index < -0.39 is 0 Å². The van der Waals surface area contributed by atoms with Gasteiger partial charge in [-0.05, 0) is 39.4 Å². The molecule has 1 N–H and O–H groups in total. The zero-order valence-electron chi connectivity index (χ0n) is 8.45. The van der Waals surface area contributed by atoms with E-state index in [4.69, 9.17) is 0 Å². The van der Waals surface area contributed by atoms with E-state index in [1.54, 1.807) is 0 Å². The first kappa shape index (κ1) is 9.44. The number of aliphatic hydroxyl groups is 1. The van der Waals surface area contributed by atoms with Crippen molar-refractivity contribution >= 4 is 0 Å². The molecular weight excluding hydrogens is 164 g/mol. The highest BCUT2D eigenvalue weighted by Gasteiger charge is 2.32. The van der Waals surface area contributed by atoms with Gasteiger partial charge >= 0.3 is 0 Å². The van der Waals surface area contributed by atoms with E-state index in [1.165, 1.54) is 25.8 Å². The molecule has 13 heavy (non-hydrogen) atoms. The number of hydrogen-bond donors (Lipinski definition) is 1. The maximum Gasteiger partial charge on any atom is 0.0599 e. The molecule has 0 aromatic carbocycles. The molecule has 2 fully saturated rings. The zero-order valence-corrected chi connectivity index (χ0v) is 8.45. The van der Waals surface area contributed by atoms with Crippen molar-refractivity contribution in [3.63, 3.8) is 0 Å². The quantitative estimate of drug-likeness (QED) is 0.661. The number of hydrogen-bond acceptors (Lipinski definition) is 3. The highest BCUT2D eigenvalue weighted by molar-refractivity contribution is 4.88. The maximum atomic E-state index is 9.24. The molecule has 1 aliphatic heterocycles. The molecular formula is C10H20N2O. The van der Waals surface area contributed by atoms with Gasteiger partial charge < -0.3 is 5.11 Å². The number of nitrogens with zero attached hydrogens (tertiary/aromatic N) is 2. The molecule has 0 amide bonds. The summed E-state index contributed by atoms with van der Waals surface area (Å²) in [5.74, 6) is 0. The van der Waals surface area contributed by atoms with Gasteiger partial charge in [-0.1, -0.05) is 0 Å². The standard InChI is InChI=1S/C10H20N2O/c1-11-5-2-6-12(9-3-4-9)7-10(11)8-13/h9-10,13H,2-8H2,1H3. The van der Waals surface area contributed by atoms with Crippen LogP contribution in [0.15, 0.2) is 0 Å². The number of rotatable bonds is 2. The predicted octanol–water partition coefficient (Wildman–Crippen LogP) is 0.147. The molecule has 1 saturated carbocycles. The lowest BCUT2D eigenvalue weighted by molar-refractivity contribution is 0.129. The Morgan fingerprint density at radius 2 is 2.08 bits per heavy atom. The number of likely N-dealkylation sites (N-methyl/N-ethyl adjacent to an activating group) is 1. The molecule has 0 aromatic rings. The van der Waals surface area contributed by atoms with Gasteiger partial charge in [-0.3, -0.25) is 9.80 Å². The van der Waals surface area contributed by atoms with Crippen LogP contribution in [0, 0.1) is 0 Å². The molecule has 1 saturated heterocycles. The first-order valence-corrected chi connectivity index (χ1v) is 5.36. The fraction of sp³-hybridized carbons (Fsp3) is 1.00. The Balaban J connectivity index is 1.92. The van der Waals surface area contributed by atoms with Crippen LogP contribution in [0.4, 0.5) is 0 Å². The fourth-order valence-corrected chi connectivity index (χ4v) is 2.18. The van der Waals surface area contributed by atoms with Crippen LogP contribution in [-0.2, 0) is 0 Å². The van der Waals surface area contributed by atoms with Crippen LogP contribution in [0.3, 0.4) is 0 Å². The largest absolute Gasteiger partial charge is 0.395 e. The highest BCUT2D eigenvalue weighted by atomic mass is 16.3. The first-order chi connectivity index (χ1) is 6.31. The van der Waals surface area contributed by atoms with E-state index in [0.717, 1.165) is 19.1 Å². The van der Waals surface area contributed by atoms with E-state index in [-0.39, 0.29) is 0 Å². The minimum Gasteiger partial charge on any atom is -0.395 e. The molecule has 0 radical (unpaired) electrons. The molecule has 1 unspecified atom stereocenters. The lowest BCUT2D eigenvalue weighted by Crippen LogP contribution is -2.42. The summed E-state index contributed by atoms with van der Waals surface area (Å²) in [5, 5.41) is 9.24. The monoisotopic (exact) mass is 184 g/mol. The van der Waals surface area contributed by atoms with E-state index in [9.17, 15) is 5.11 Å². The molecule has 2 rings (SSSR count). The summed E-state index contributed by atoms with van der Waals surface area (Å²) >= 11 is 0. The van der Waals surface area contributed by atoms with Crippen LogP contribution in [0.25, 0.3) is 0 Å². The van der Waals surface area contributed by atoms with Gasteiger partial charge in [-0.25, -0.2) is 0 Å². The summed E-state index contributed by atoms with van der Waals surface area (Å²) in [4.78, 5) is 4.85. The van der Waals surface area contributed by atoms with Crippen molar-refractivity contribution in [3.05, 3.63) is 0 Å². The summed E-state index contributed by atoms with van der Waals surface area (Å²) in [6, 6.07) is 1.21. The third kappa shape index (κ3) is 2.22. The van der Waals surface area contributed by atoms with Gasteiger partial charge in [0.1, 0.15) is 0 Å². The van der Waals surface area contributed by atoms with Crippen LogP contribution in [0.2, 0.25) is 0 Å². The number of aliphatic hydroxyl groups excluding tert-OH is 1. The van der Waals surface area contributed by atoms with E-state index in [2.05, 4.69) is 16.8 Å². The van der Waals surface area contributed by atoms with Crippen molar-refractivity contribution in [3.8, 4) is 0 Å². The molecule has 2 aliphatic rings. The topological polar surface area (TPSA) is 26.7 Å². The summed E-state index contributed by atoms with van der Waals surface area (Å²) in [6.07, 6.45) is 4.01. The fourth-order valence-electron chi connectivity index (χ4n) is 2.18. The van der Waals surface area contributed by atoms with Crippen molar-refractivity contribution in [1.29, 1.82) is 0 Å². The van der Waals surface area contributed by atoms with Crippen molar-refractivity contribution in [2.75, 3.05) is 33.3 Å². The smallest absolute Gasteiger partial charge is 0.0599 e. The van der Waals surface area contributed by atoms with Crippen LogP contribution in [0.1, 0.15) is 19.3 Å². The van der Waals surface area contributed by atoms with Crippen LogP contribution < -0.4 is 0 Å². The molecule has 3 nitrogen and oxygen atoms in total. The van der Waals surface area contributed by atoms with Gasteiger partial charge in [-0.2, -0.15) is 0 Å². The summed E-state index contributed by atoms with van der Waals surface area (Å²) in [7, 11) is 2.12. The van der Waals surface area contributed by atoms with Crippen molar-refractivity contribution in [2.45, 2.75) is 31.3 Å². The lowest BCUT2D eigenvalue weighted by Gasteiger charge is -2.27. The lowest BCUT2D eigenvalue weighted by atomic mass is 10.2. The third-order valence-electron chi connectivity index (χ3n) is 3.30. The molecule has 0 bridgehead atoms. The van der Waals surface area contributed by atoms with E-state index >= 15 is 0 Å². The van der Waals surface area contributed by atoms with Gasteiger partial charge in [0.2, 0.25) is 0 Å². The van der Waals surface area contributed by atoms with E-state index in [0.29, 0.717) is 12.6 Å². The van der Waals surface area contributed by atoms with Crippen molar-refractivity contribution in [2.24, 2.45) is 0 Å². The molecule has 0 spiro atoms. The average molecular weight is 184 g/mol. The molecule has 76 valence electrons. The van der Waals surface area contributed by atoms with Crippen molar-refractivity contribution < 1.29 is 5.11 Å². The normalized spacial score (nSPS) is 33.2. The third-order valence-corrected chi connectivity index (χ3v) is 3.30. The van der Waals surface area contributed by atoms with Gasteiger partial charge in [0.05, 0.1) is 6.61 Å². The summed E-state index contributed by atoms with van der Waals surface area (Å²) in [5.41, 5.74) is 0. The Kier molecular flexibility index (Phi) is 2.86. The van der Waals surface area contributed by atoms with Gasteiger partial charge in [0.15, 0.2) is 0 Å². The molecule has 1 aliphatic carbocycles. The second-order valence-corrected chi connectivity index (χ2v) is 4.40. The highest BCUT2D eigenvalue weighted by Crippen LogP contribution is 2.28. The SMILES string of the molecule is CN1CCCN(C2CC2)CC1CO. The average Bonchev–Trinajstić information content (AvgIpc) is 2.90. The summed E-state index contributed by atoms with van der Waals surface area (Å²) < 4.78 is 0. The summed E-state index contributed by atoms with van der Waals surface area (Å²) in [6.45, 7) is 3.73. The van der Waals surface area contributed by atoms with Crippen molar-refractivity contribution in [1.82, 2.24) is 9.80 Å². The van der Waals surface area contributed by atoms with Gasteiger partial charge in [-0.15, -0.1) is 0 Å². The Hall–Kier alpha value is -0.120. The van der Waals surface area contributed by atoms with Gasteiger partial charge in [0, 0.05) is 18.6 Å². The Morgan fingerprint density at radius 3 is 2.69 bits per heavy atom. The molecule has 1 atom stereocenters. The Labute approximate surface area is 80.3 Å². The second-order valence-electron chi connectivity index (χ2n) is 4.40. The van der Waals surface area contributed by atoms with Crippen LogP contribution in [0.5, 0.6) is 0 Å². The van der Waals surface area contributed by atoms with Gasteiger partial charge in [0.25, 0.3) is 0 Å². The predicted molar refractivity (Wildman–Crippen MR) is 52.7 cm³/mol. The minimum absolute atomic E-state index is 0.305. The second kappa shape index (κ2) is 3.95. The molecule has 0 aromatic heterocycles. The first-order valence-electron chi connectivity index (χ1n) is 5.36. The zero-order chi connectivity index (χ0) is 9.26. The minimum atomic E-state index is 0.305. The van der Waals surface area contributed by atoms with E-state index in [1.807, 2.05) is 0 Å². The Morgan fingerprint density at radius 1 is 1.31 bits per heavy atom.